The van der Waals surface area contributed by atoms with Gasteiger partial charge >= 0.3 is 11.9 Å². The van der Waals surface area contributed by atoms with Crippen molar-refractivity contribution in [1.29, 1.82) is 0 Å². The molecule has 1 saturated carbocycles. The van der Waals surface area contributed by atoms with E-state index < -0.39 is 59.9 Å². The van der Waals surface area contributed by atoms with Crippen LogP contribution in [-0.2, 0) is 28.5 Å². The maximum Gasteiger partial charge on any atom is 0.334 e. The number of hydrogen-bond donors (Lipinski definition) is 1. The summed E-state index contributed by atoms with van der Waals surface area (Å²) in [5.41, 5.74) is 0.103. The molecule has 0 spiro atoms. The molecule has 4 rings (SSSR count). The van der Waals surface area contributed by atoms with Gasteiger partial charge < -0.3 is 24.1 Å². The minimum Gasteiger partial charge on any atom is -0.458 e. The summed E-state index contributed by atoms with van der Waals surface area (Å²) in [5, 5.41) is 11.1. The van der Waals surface area contributed by atoms with E-state index in [1.54, 1.807) is 6.92 Å². The average Bonchev–Trinajstić information content (AvgIpc) is 3.16. The van der Waals surface area contributed by atoms with E-state index in [1.165, 1.54) is 0 Å². The molecule has 4 aliphatic rings. The van der Waals surface area contributed by atoms with Gasteiger partial charge in [0, 0.05) is 22.5 Å². The van der Waals surface area contributed by atoms with Gasteiger partial charge in [-0.05, 0) is 12.5 Å². The lowest BCUT2D eigenvalue weighted by Gasteiger charge is -2.56. The van der Waals surface area contributed by atoms with Crippen LogP contribution in [0.15, 0.2) is 36.5 Å². The van der Waals surface area contributed by atoms with Gasteiger partial charge in [-0.25, -0.2) is 9.59 Å². The highest BCUT2D eigenvalue weighted by Crippen LogP contribution is 2.59. The number of ether oxygens (including phenoxy) is 4. The Balaban J connectivity index is 1.83. The number of fused-ring (bicyclic) bond motifs is 5. The summed E-state index contributed by atoms with van der Waals surface area (Å²) in [7, 11) is 0. The first-order valence-corrected chi connectivity index (χ1v) is 8.58. The predicted octanol–water partition coefficient (Wildman–Crippen LogP) is 0.880. The topological polar surface area (TPSA) is 91.3 Å². The first kappa shape index (κ1) is 17.5. The van der Waals surface area contributed by atoms with Crippen molar-refractivity contribution in [3.8, 4) is 0 Å². The molecule has 4 fully saturated rings. The Morgan fingerprint density at radius 1 is 1.38 bits per heavy atom. The zero-order valence-electron chi connectivity index (χ0n) is 14.8. The normalized spacial score (nSPS) is 46.4. The SMILES string of the molecule is C=C(C)C(=O)O[C@@H]1[C@@H]2C(=C)C(=O)O[C@H]2[C@@H](O)[C@]2(C)[C@@H]1C(=C)[C@@H]1OC[C@H]2O1. The predicted molar refractivity (Wildman–Crippen MR) is 88.6 cm³/mol. The molecule has 7 nitrogen and oxygen atoms in total. The van der Waals surface area contributed by atoms with Gasteiger partial charge in [0.05, 0.1) is 18.6 Å². The quantitative estimate of drug-likeness (QED) is 0.443. The third kappa shape index (κ3) is 2.05. The summed E-state index contributed by atoms with van der Waals surface area (Å²) in [5.74, 6) is -2.30. The van der Waals surface area contributed by atoms with Crippen LogP contribution in [0.3, 0.4) is 0 Å². The molecule has 0 unspecified atom stereocenters. The van der Waals surface area contributed by atoms with Crippen LogP contribution in [0, 0.1) is 17.3 Å². The molecule has 0 aromatic heterocycles. The second-order valence-corrected chi connectivity index (χ2v) is 7.72. The smallest absolute Gasteiger partial charge is 0.334 e. The van der Waals surface area contributed by atoms with E-state index in [9.17, 15) is 14.7 Å². The van der Waals surface area contributed by atoms with Gasteiger partial charge in [0.25, 0.3) is 0 Å². The number of hydrogen-bond acceptors (Lipinski definition) is 7. The number of aliphatic hydroxyl groups excluding tert-OH is 1. The van der Waals surface area contributed by atoms with Crippen LogP contribution in [-0.4, -0.2) is 54.4 Å². The summed E-state index contributed by atoms with van der Waals surface area (Å²) < 4.78 is 22.6. The first-order chi connectivity index (χ1) is 12.2. The third-order valence-electron chi connectivity index (χ3n) is 6.24. The zero-order valence-corrected chi connectivity index (χ0v) is 14.8. The van der Waals surface area contributed by atoms with Crippen LogP contribution in [0.1, 0.15) is 13.8 Å². The van der Waals surface area contributed by atoms with Crippen molar-refractivity contribution in [1.82, 2.24) is 0 Å². The molecule has 3 heterocycles. The highest BCUT2D eigenvalue weighted by Gasteiger charge is 2.70. The highest BCUT2D eigenvalue weighted by atomic mass is 16.7. The number of carbonyl (C=O) groups is 2. The van der Waals surface area contributed by atoms with Crippen LogP contribution in [0.25, 0.3) is 0 Å². The van der Waals surface area contributed by atoms with E-state index in [1.807, 2.05) is 6.92 Å². The molecule has 8 atom stereocenters. The molecule has 0 radical (unpaired) electrons. The maximum absolute atomic E-state index is 12.3. The van der Waals surface area contributed by atoms with E-state index in [2.05, 4.69) is 19.7 Å². The fourth-order valence-electron chi connectivity index (χ4n) is 4.79. The van der Waals surface area contributed by atoms with Gasteiger partial charge in [-0.15, -0.1) is 0 Å². The van der Waals surface area contributed by atoms with Crippen molar-refractivity contribution < 1.29 is 33.6 Å². The Morgan fingerprint density at radius 3 is 2.73 bits per heavy atom. The van der Waals surface area contributed by atoms with Crippen LogP contribution in [0.2, 0.25) is 0 Å². The highest BCUT2D eigenvalue weighted by molar-refractivity contribution is 5.92. The molecule has 7 heteroatoms. The Labute approximate surface area is 151 Å². The molecular formula is C19H22O7. The van der Waals surface area contributed by atoms with E-state index >= 15 is 0 Å². The lowest BCUT2D eigenvalue weighted by Crippen LogP contribution is -2.67. The van der Waals surface area contributed by atoms with Crippen molar-refractivity contribution in [3.63, 3.8) is 0 Å². The molecule has 1 aliphatic carbocycles. The molecule has 0 aromatic carbocycles. The van der Waals surface area contributed by atoms with E-state index in [-0.39, 0.29) is 17.8 Å². The summed E-state index contributed by atoms with van der Waals surface area (Å²) in [4.78, 5) is 24.4. The fourth-order valence-corrected chi connectivity index (χ4v) is 4.79. The lowest BCUT2D eigenvalue weighted by molar-refractivity contribution is -0.234. The zero-order chi connectivity index (χ0) is 19.0. The molecular weight excluding hydrogens is 340 g/mol. The van der Waals surface area contributed by atoms with Crippen LogP contribution >= 0.6 is 0 Å². The number of aliphatic hydroxyl groups is 1. The number of carbonyl (C=O) groups excluding carboxylic acids is 2. The molecule has 3 aliphatic heterocycles. The molecule has 0 amide bonds. The van der Waals surface area contributed by atoms with Gasteiger partial charge in [-0.3, -0.25) is 0 Å². The van der Waals surface area contributed by atoms with Crippen LogP contribution < -0.4 is 0 Å². The van der Waals surface area contributed by atoms with Crippen molar-refractivity contribution in [2.75, 3.05) is 6.61 Å². The minimum atomic E-state index is -1.04. The number of rotatable bonds is 2. The minimum absolute atomic E-state index is 0.183. The van der Waals surface area contributed by atoms with Gasteiger partial charge in [0.2, 0.25) is 0 Å². The number of esters is 2. The van der Waals surface area contributed by atoms with Gasteiger partial charge in [0.1, 0.15) is 18.3 Å². The Morgan fingerprint density at radius 2 is 2.08 bits per heavy atom. The van der Waals surface area contributed by atoms with E-state index in [0.717, 1.165) is 0 Å². The first-order valence-electron chi connectivity index (χ1n) is 8.58. The molecule has 2 bridgehead atoms. The van der Waals surface area contributed by atoms with Crippen molar-refractivity contribution in [2.45, 2.75) is 44.6 Å². The van der Waals surface area contributed by atoms with Crippen molar-refractivity contribution >= 4 is 11.9 Å². The second kappa shape index (κ2) is 5.52. The fraction of sp³-hybridized carbons (Fsp3) is 0.579. The average molecular weight is 362 g/mol. The van der Waals surface area contributed by atoms with E-state index in [0.29, 0.717) is 5.57 Å². The van der Waals surface area contributed by atoms with Gasteiger partial charge in [0.15, 0.2) is 6.29 Å². The van der Waals surface area contributed by atoms with Gasteiger partial charge in [-0.1, -0.05) is 26.7 Å². The Hall–Kier alpha value is -1.96. The summed E-state index contributed by atoms with van der Waals surface area (Å²) in [6, 6.07) is 0. The molecule has 140 valence electrons. The Bertz CT molecular complexity index is 740. The van der Waals surface area contributed by atoms with Crippen molar-refractivity contribution in [3.05, 3.63) is 36.5 Å². The largest absolute Gasteiger partial charge is 0.458 e. The summed E-state index contributed by atoms with van der Waals surface area (Å²) in [6.45, 7) is 15.2. The molecule has 3 saturated heterocycles. The summed E-state index contributed by atoms with van der Waals surface area (Å²) >= 11 is 0. The van der Waals surface area contributed by atoms with E-state index in [4.69, 9.17) is 18.9 Å². The molecule has 26 heavy (non-hydrogen) atoms. The monoisotopic (exact) mass is 362 g/mol. The molecule has 0 aromatic rings. The standard InChI is InChI=1S/C19H22O7/c1-7(2)16(21)25-13-11-8(3)17(22)26-14(11)15(20)19(5)10-6-23-18(24-10)9(4)12(13)19/h10-15,18,20H,1,3-4,6H2,2,5H3/t10-,11+,12-,13-,14-,15-,18-,19+/m1/s1. The lowest BCUT2D eigenvalue weighted by atomic mass is 9.54. The molecule has 1 N–H and O–H groups in total. The van der Waals surface area contributed by atoms with Crippen molar-refractivity contribution in [2.24, 2.45) is 17.3 Å². The summed E-state index contributed by atoms with van der Waals surface area (Å²) in [6.07, 6.45) is -3.74. The van der Waals surface area contributed by atoms with Crippen LogP contribution in [0.5, 0.6) is 0 Å². The maximum atomic E-state index is 12.3. The second-order valence-electron chi connectivity index (χ2n) is 7.72. The Kier molecular flexibility index (Phi) is 3.70. The van der Waals surface area contributed by atoms with Gasteiger partial charge in [-0.2, -0.15) is 0 Å². The van der Waals surface area contributed by atoms with Crippen LogP contribution in [0.4, 0.5) is 0 Å². The third-order valence-corrected chi connectivity index (χ3v) is 6.24.